The molecule has 1 aromatic heterocycles. The van der Waals surface area contributed by atoms with Crippen LogP contribution < -0.4 is 11.1 Å². The molecule has 8 heteroatoms. The van der Waals surface area contributed by atoms with Crippen molar-refractivity contribution in [3.63, 3.8) is 0 Å². The third kappa shape index (κ3) is 3.33. The zero-order chi connectivity index (χ0) is 15.6. The number of aliphatic carboxylic acids is 1. The molecule has 2 heterocycles. The maximum absolute atomic E-state index is 12.2. The zero-order valence-electron chi connectivity index (χ0n) is 11.5. The molecule has 114 valence electrons. The minimum atomic E-state index is -1.30. The number of carbonyl (C=O) groups excluding carboxylic acids is 2. The second-order valence-electron chi connectivity index (χ2n) is 4.93. The third-order valence-electron chi connectivity index (χ3n) is 3.54. The van der Waals surface area contributed by atoms with Crippen molar-refractivity contribution in [2.45, 2.75) is 31.8 Å². The molecule has 2 atom stereocenters. The zero-order valence-corrected chi connectivity index (χ0v) is 12.4. The van der Waals surface area contributed by atoms with Crippen molar-refractivity contribution in [2.75, 3.05) is 6.54 Å². The maximum atomic E-state index is 12.2. The monoisotopic (exact) mass is 311 g/mol. The number of nitrogens with zero attached hydrogens (tertiary/aromatic N) is 1. The number of carboxylic acids is 1. The molecule has 21 heavy (non-hydrogen) atoms. The number of thiophene rings is 1. The quantitative estimate of drug-likeness (QED) is 0.759. The topological polar surface area (TPSA) is 113 Å². The molecule has 0 fully saturated rings. The fraction of sp³-hybridized carbons (Fsp3) is 0.462. The van der Waals surface area contributed by atoms with Gasteiger partial charge in [-0.2, -0.15) is 0 Å². The predicted octanol–water partition coefficient (Wildman–Crippen LogP) is 0.705. The van der Waals surface area contributed by atoms with Crippen LogP contribution in [0, 0.1) is 0 Å². The summed E-state index contributed by atoms with van der Waals surface area (Å²) in [7, 11) is 0. The molecule has 1 aromatic rings. The van der Waals surface area contributed by atoms with Gasteiger partial charge in [0.05, 0.1) is 12.5 Å². The van der Waals surface area contributed by atoms with E-state index >= 15 is 0 Å². The molecule has 0 bridgehead atoms. The van der Waals surface area contributed by atoms with Gasteiger partial charge in [-0.3, -0.25) is 4.79 Å². The number of amides is 3. The van der Waals surface area contributed by atoms with Gasteiger partial charge in [-0.1, -0.05) is 0 Å². The molecule has 0 aliphatic carbocycles. The number of rotatable bonds is 4. The van der Waals surface area contributed by atoms with E-state index in [0.717, 1.165) is 12.0 Å². The van der Waals surface area contributed by atoms with Crippen molar-refractivity contribution in [3.8, 4) is 0 Å². The summed E-state index contributed by atoms with van der Waals surface area (Å²) in [5.41, 5.74) is 6.08. The molecule has 0 radical (unpaired) electrons. The van der Waals surface area contributed by atoms with Gasteiger partial charge in [-0.15, -0.1) is 11.3 Å². The van der Waals surface area contributed by atoms with Crippen LogP contribution in [0.15, 0.2) is 11.4 Å². The number of nitrogens with one attached hydrogen (secondary N) is 1. The van der Waals surface area contributed by atoms with Crippen molar-refractivity contribution < 1.29 is 19.5 Å². The molecule has 1 unspecified atom stereocenters. The third-order valence-corrected chi connectivity index (χ3v) is 4.54. The summed E-state index contributed by atoms with van der Waals surface area (Å²) in [6.45, 7) is 2.41. The summed E-state index contributed by atoms with van der Waals surface area (Å²) in [5.74, 6) is -2.04. The Morgan fingerprint density at radius 1 is 1.57 bits per heavy atom. The molecule has 7 nitrogen and oxygen atoms in total. The summed E-state index contributed by atoms with van der Waals surface area (Å²) in [6.07, 6.45) is 0.325. The van der Waals surface area contributed by atoms with Crippen LogP contribution in [-0.2, 0) is 16.0 Å². The minimum Gasteiger partial charge on any atom is -0.480 e. The molecule has 1 aliphatic rings. The lowest BCUT2D eigenvalue weighted by Gasteiger charge is -2.34. The predicted molar refractivity (Wildman–Crippen MR) is 76.9 cm³/mol. The van der Waals surface area contributed by atoms with Crippen LogP contribution in [0.5, 0.6) is 0 Å². The van der Waals surface area contributed by atoms with Crippen LogP contribution in [0.1, 0.15) is 29.8 Å². The number of urea groups is 1. The lowest BCUT2D eigenvalue weighted by molar-refractivity contribution is -0.141. The lowest BCUT2D eigenvalue weighted by Crippen LogP contribution is -2.51. The number of primary amides is 1. The smallest absolute Gasteiger partial charge is 0.326 e. The van der Waals surface area contributed by atoms with Crippen LogP contribution in [0.2, 0.25) is 0 Å². The first-order chi connectivity index (χ1) is 9.90. The Morgan fingerprint density at radius 2 is 2.29 bits per heavy atom. The Morgan fingerprint density at radius 3 is 2.90 bits per heavy atom. The van der Waals surface area contributed by atoms with E-state index in [1.165, 1.54) is 4.88 Å². The van der Waals surface area contributed by atoms with Crippen LogP contribution >= 0.6 is 11.3 Å². The Labute approximate surface area is 125 Å². The van der Waals surface area contributed by atoms with Crippen LogP contribution in [0.25, 0.3) is 0 Å². The van der Waals surface area contributed by atoms with Gasteiger partial charge in [0.15, 0.2) is 0 Å². The standard InChI is InChI=1S/C13H17N3O4S/c1-7-8-3-5-21-10(8)2-4-16(7)13(20)15-9(12(18)19)6-11(14)17/h3,5,7,9H,2,4,6H2,1H3,(H2,14,17)(H,15,20)(H,18,19)/t7?,9-/m0/s1. The van der Waals surface area contributed by atoms with Crippen LogP contribution in [0.4, 0.5) is 4.79 Å². The van der Waals surface area contributed by atoms with Gasteiger partial charge >= 0.3 is 12.0 Å². The SMILES string of the molecule is CC1c2ccsc2CCN1C(=O)N[C@@H](CC(N)=O)C(=O)O. The van der Waals surface area contributed by atoms with Crippen molar-refractivity contribution in [3.05, 3.63) is 21.9 Å². The van der Waals surface area contributed by atoms with E-state index in [-0.39, 0.29) is 6.04 Å². The normalized spacial score (nSPS) is 18.7. The van der Waals surface area contributed by atoms with Gasteiger partial charge in [0.25, 0.3) is 0 Å². The molecule has 0 saturated heterocycles. The van der Waals surface area contributed by atoms with E-state index in [2.05, 4.69) is 5.32 Å². The van der Waals surface area contributed by atoms with Gasteiger partial charge in [0.1, 0.15) is 6.04 Å². The molecule has 0 aromatic carbocycles. The van der Waals surface area contributed by atoms with Gasteiger partial charge in [-0.05, 0) is 30.4 Å². The van der Waals surface area contributed by atoms with Crippen molar-refractivity contribution in [1.82, 2.24) is 10.2 Å². The molecule has 2 rings (SSSR count). The van der Waals surface area contributed by atoms with Gasteiger partial charge in [-0.25, -0.2) is 9.59 Å². The second-order valence-corrected chi connectivity index (χ2v) is 5.93. The first-order valence-electron chi connectivity index (χ1n) is 6.54. The Hall–Kier alpha value is -2.09. The van der Waals surface area contributed by atoms with E-state index in [9.17, 15) is 14.4 Å². The van der Waals surface area contributed by atoms with Crippen molar-refractivity contribution >= 4 is 29.2 Å². The molecular weight excluding hydrogens is 294 g/mol. The highest BCUT2D eigenvalue weighted by molar-refractivity contribution is 7.10. The minimum absolute atomic E-state index is 0.122. The van der Waals surface area contributed by atoms with Gasteiger partial charge in [0, 0.05) is 11.4 Å². The number of carbonyl (C=O) groups is 3. The molecule has 1 aliphatic heterocycles. The average molecular weight is 311 g/mol. The second kappa shape index (κ2) is 6.13. The first kappa shape index (κ1) is 15.3. The first-order valence-corrected chi connectivity index (χ1v) is 7.42. The Kier molecular flexibility index (Phi) is 4.46. The van der Waals surface area contributed by atoms with E-state index in [0.29, 0.717) is 6.54 Å². The number of nitrogens with two attached hydrogens (primary N) is 1. The molecule has 4 N–H and O–H groups in total. The van der Waals surface area contributed by atoms with Crippen molar-refractivity contribution in [1.29, 1.82) is 0 Å². The highest BCUT2D eigenvalue weighted by Gasteiger charge is 2.31. The fourth-order valence-corrected chi connectivity index (χ4v) is 3.38. The van der Waals surface area contributed by atoms with E-state index < -0.39 is 30.4 Å². The Bertz CT molecular complexity index is 572. The summed E-state index contributed by atoms with van der Waals surface area (Å²) < 4.78 is 0. The van der Waals surface area contributed by atoms with E-state index in [1.807, 2.05) is 18.4 Å². The van der Waals surface area contributed by atoms with Gasteiger partial charge in [0.2, 0.25) is 5.91 Å². The molecule has 0 saturated carbocycles. The summed E-state index contributed by atoms with van der Waals surface area (Å²) in [5, 5.41) is 13.4. The Balaban J connectivity index is 2.06. The summed E-state index contributed by atoms with van der Waals surface area (Å²) >= 11 is 1.66. The largest absolute Gasteiger partial charge is 0.480 e. The molecule has 3 amide bonds. The fourth-order valence-electron chi connectivity index (χ4n) is 2.42. The number of carboxylic acid groups (broad SMARTS) is 1. The highest BCUT2D eigenvalue weighted by atomic mass is 32.1. The number of hydrogen-bond donors (Lipinski definition) is 3. The lowest BCUT2D eigenvalue weighted by atomic mass is 10.0. The number of hydrogen-bond acceptors (Lipinski definition) is 4. The maximum Gasteiger partial charge on any atom is 0.326 e. The van der Waals surface area contributed by atoms with Crippen molar-refractivity contribution in [2.24, 2.45) is 5.73 Å². The molecular formula is C13H17N3O4S. The molecule has 0 spiro atoms. The summed E-state index contributed by atoms with van der Waals surface area (Å²) in [4.78, 5) is 37.0. The van der Waals surface area contributed by atoms with Crippen LogP contribution in [-0.4, -0.2) is 40.5 Å². The van der Waals surface area contributed by atoms with E-state index in [4.69, 9.17) is 10.8 Å². The highest BCUT2D eigenvalue weighted by Crippen LogP contribution is 2.32. The average Bonchev–Trinajstić information content (AvgIpc) is 2.86. The van der Waals surface area contributed by atoms with E-state index in [1.54, 1.807) is 16.2 Å². The van der Waals surface area contributed by atoms with Crippen LogP contribution in [0.3, 0.4) is 0 Å². The summed E-state index contributed by atoms with van der Waals surface area (Å²) in [6, 6.07) is 0.0597. The van der Waals surface area contributed by atoms with Gasteiger partial charge < -0.3 is 21.1 Å². The number of fused-ring (bicyclic) bond motifs is 1.